The number of rotatable bonds is 11. The van der Waals surface area contributed by atoms with Crippen LogP contribution < -0.4 is 16.5 Å². The third-order valence-electron chi connectivity index (χ3n) is 3.12. The Morgan fingerprint density at radius 3 is 2.23 bits per heavy atom. The normalized spacial score (nSPS) is 10.1. The van der Waals surface area contributed by atoms with Crippen LogP contribution in [0.2, 0.25) is 0 Å². The van der Waals surface area contributed by atoms with Gasteiger partial charge in [-0.2, -0.15) is 0 Å². The maximum absolute atomic E-state index is 11.8. The molecule has 22 heavy (non-hydrogen) atoms. The summed E-state index contributed by atoms with van der Waals surface area (Å²) in [5.41, 5.74) is 7.78. The van der Waals surface area contributed by atoms with Crippen LogP contribution >= 0.6 is 0 Å². The molecule has 0 spiro atoms. The van der Waals surface area contributed by atoms with Crippen molar-refractivity contribution in [3.63, 3.8) is 0 Å². The molecule has 0 radical (unpaired) electrons. The zero-order valence-corrected chi connectivity index (χ0v) is 13.8. The highest BCUT2D eigenvalue weighted by atomic mass is 16.2. The first-order valence-electron chi connectivity index (χ1n) is 8.11. The van der Waals surface area contributed by atoms with Crippen molar-refractivity contribution in [2.75, 3.05) is 19.6 Å². The highest BCUT2D eigenvalue weighted by molar-refractivity contribution is 5.87. The average Bonchev–Trinajstić information content (AvgIpc) is 2.51. The summed E-state index contributed by atoms with van der Waals surface area (Å²) in [7, 11) is 0. The van der Waals surface area contributed by atoms with Crippen LogP contribution in [0.1, 0.15) is 58.8 Å². The molecule has 0 bridgehead atoms. The molecule has 128 valence electrons. The lowest BCUT2D eigenvalue weighted by atomic mass is 10.1. The zero-order chi connectivity index (χ0) is 16.8. The number of hydrogen-bond donors (Lipinski definition) is 3. The number of hydrogen-bond acceptors (Lipinski definition) is 4. The van der Waals surface area contributed by atoms with Gasteiger partial charge < -0.3 is 11.1 Å². The lowest BCUT2D eigenvalue weighted by molar-refractivity contribution is -0.143. The number of carbonyl (C=O) groups excluding carboxylic acids is 3. The van der Waals surface area contributed by atoms with Gasteiger partial charge in [-0.1, -0.05) is 39.5 Å². The molecule has 0 aromatic rings. The molecule has 0 saturated heterocycles. The largest absolute Gasteiger partial charge is 0.355 e. The molecule has 0 unspecified atom stereocenters. The van der Waals surface area contributed by atoms with Gasteiger partial charge in [0.2, 0.25) is 11.8 Å². The lowest BCUT2D eigenvalue weighted by Gasteiger charge is -2.22. The average molecular weight is 314 g/mol. The van der Waals surface area contributed by atoms with Gasteiger partial charge in [0.05, 0.1) is 6.54 Å². The number of nitrogens with two attached hydrogens (primary N) is 1. The van der Waals surface area contributed by atoms with Crippen molar-refractivity contribution >= 4 is 17.7 Å². The summed E-state index contributed by atoms with van der Waals surface area (Å²) in [5, 5.41) is 3.66. The third-order valence-corrected chi connectivity index (χ3v) is 3.12. The van der Waals surface area contributed by atoms with E-state index in [1.807, 2.05) is 6.92 Å². The Bertz CT molecular complexity index is 348. The lowest BCUT2D eigenvalue weighted by Crippen LogP contribution is -2.52. The van der Waals surface area contributed by atoms with E-state index in [2.05, 4.69) is 17.7 Å². The van der Waals surface area contributed by atoms with Crippen LogP contribution in [0.3, 0.4) is 0 Å². The zero-order valence-electron chi connectivity index (χ0n) is 13.8. The molecule has 0 heterocycles. The molecule has 0 aliphatic heterocycles. The highest BCUT2D eigenvalue weighted by Crippen LogP contribution is 2.04. The Morgan fingerprint density at radius 2 is 1.64 bits per heavy atom. The molecule has 3 amide bonds. The summed E-state index contributed by atoms with van der Waals surface area (Å²) in [6.07, 6.45) is 6.33. The molecule has 0 aliphatic rings. The van der Waals surface area contributed by atoms with Crippen LogP contribution in [-0.2, 0) is 14.4 Å². The standard InChI is InChI=1S/C15H30N4O3/c1-3-5-6-7-8-9-13(20)18-19(15(22)11-16)12-14(21)17-10-4-2/h3-12,16H2,1-2H3,(H,17,21)(H,18,20). The molecule has 4 N–H and O–H groups in total. The van der Waals surface area contributed by atoms with Gasteiger partial charge in [0.25, 0.3) is 5.91 Å². The van der Waals surface area contributed by atoms with Crippen molar-refractivity contribution in [3.8, 4) is 0 Å². The van der Waals surface area contributed by atoms with Crippen molar-refractivity contribution in [3.05, 3.63) is 0 Å². The Labute approximate surface area is 133 Å². The fourth-order valence-electron chi connectivity index (χ4n) is 1.86. The fraction of sp³-hybridized carbons (Fsp3) is 0.800. The number of hydrazine groups is 1. The van der Waals surface area contributed by atoms with Crippen LogP contribution in [0.15, 0.2) is 0 Å². The maximum atomic E-state index is 11.8. The first-order valence-corrected chi connectivity index (χ1v) is 8.11. The molecule has 0 aromatic carbocycles. The smallest absolute Gasteiger partial charge is 0.255 e. The Hall–Kier alpha value is -1.63. The van der Waals surface area contributed by atoms with Crippen molar-refractivity contribution in [2.24, 2.45) is 5.73 Å². The van der Waals surface area contributed by atoms with E-state index in [0.717, 1.165) is 43.5 Å². The predicted octanol–water partition coefficient (Wildman–Crippen LogP) is 0.692. The number of nitrogens with one attached hydrogen (secondary N) is 2. The molecule has 0 rings (SSSR count). The van der Waals surface area contributed by atoms with Crippen LogP contribution in [0.5, 0.6) is 0 Å². The van der Waals surface area contributed by atoms with Gasteiger partial charge in [-0.15, -0.1) is 0 Å². The second-order valence-corrected chi connectivity index (χ2v) is 5.23. The number of carbonyl (C=O) groups is 3. The monoisotopic (exact) mass is 314 g/mol. The van der Waals surface area contributed by atoms with Gasteiger partial charge in [-0.25, -0.2) is 5.01 Å². The second kappa shape index (κ2) is 13.1. The van der Waals surface area contributed by atoms with E-state index in [9.17, 15) is 14.4 Å². The summed E-state index contributed by atoms with van der Waals surface area (Å²) >= 11 is 0. The molecular formula is C15H30N4O3. The molecule has 7 nitrogen and oxygen atoms in total. The minimum Gasteiger partial charge on any atom is -0.355 e. The van der Waals surface area contributed by atoms with Crippen molar-refractivity contribution in [2.45, 2.75) is 58.8 Å². The second-order valence-electron chi connectivity index (χ2n) is 5.23. The van der Waals surface area contributed by atoms with Gasteiger partial charge in [-0.3, -0.25) is 19.8 Å². The van der Waals surface area contributed by atoms with E-state index in [0.29, 0.717) is 13.0 Å². The Morgan fingerprint density at radius 1 is 0.955 bits per heavy atom. The van der Waals surface area contributed by atoms with Gasteiger partial charge in [0.15, 0.2) is 0 Å². The molecule has 0 saturated carbocycles. The van der Waals surface area contributed by atoms with E-state index >= 15 is 0 Å². The van der Waals surface area contributed by atoms with Crippen molar-refractivity contribution < 1.29 is 14.4 Å². The molecule has 0 aliphatic carbocycles. The minimum absolute atomic E-state index is 0.211. The number of unbranched alkanes of at least 4 members (excludes halogenated alkanes) is 4. The van der Waals surface area contributed by atoms with E-state index in [-0.39, 0.29) is 24.9 Å². The summed E-state index contributed by atoms with van der Waals surface area (Å²) < 4.78 is 0. The van der Waals surface area contributed by atoms with Crippen LogP contribution in [0.4, 0.5) is 0 Å². The topological polar surface area (TPSA) is 105 Å². The third kappa shape index (κ3) is 10.1. The van der Waals surface area contributed by atoms with Crippen LogP contribution in [0.25, 0.3) is 0 Å². The van der Waals surface area contributed by atoms with E-state index in [1.54, 1.807) is 0 Å². The van der Waals surface area contributed by atoms with Crippen LogP contribution in [0, 0.1) is 0 Å². The van der Waals surface area contributed by atoms with E-state index in [1.165, 1.54) is 0 Å². The number of amides is 3. The summed E-state index contributed by atoms with van der Waals surface area (Å²) in [6.45, 7) is 4.14. The van der Waals surface area contributed by atoms with Gasteiger partial charge in [0, 0.05) is 13.0 Å². The first kappa shape index (κ1) is 20.4. The SMILES string of the molecule is CCCCCCCC(=O)NN(CC(=O)NCCC)C(=O)CN. The summed E-state index contributed by atoms with van der Waals surface area (Å²) in [4.78, 5) is 35.2. The molecule has 0 fully saturated rings. The van der Waals surface area contributed by atoms with Gasteiger partial charge >= 0.3 is 0 Å². The van der Waals surface area contributed by atoms with Gasteiger partial charge in [0.1, 0.15) is 6.54 Å². The minimum atomic E-state index is -0.481. The molecular weight excluding hydrogens is 284 g/mol. The Balaban J connectivity index is 4.20. The predicted molar refractivity (Wildman–Crippen MR) is 85.6 cm³/mol. The van der Waals surface area contributed by atoms with Gasteiger partial charge in [-0.05, 0) is 12.8 Å². The van der Waals surface area contributed by atoms with Crippen molar-refractivity contribution in [1.82, 2.24) is 15.8 Å². The molecule has 7 heteroatoms. The quantitative estimate of drug-likeness (QED) is 0.385. The summed E-state index contributed by atoms with van der Waals surface area (Å²) in [6, 6.07) is 0. The van der Waals surface area contributed by atoms with E-state index in [4.69, 9.17) is 5.73 Å². The van der Waals surface area contributed by atoms with Crippen LogP contribution in [-0.4, -0.2) is 42.4 Å². The Kier molecular flexibility index (Phi) is 12.1. The van der Waals surface area contributed by atoms with Crippen molar-refractivity contribution in [1.29, 1.82) is 0 Å². The molecule has 0 aromatic heterocycles. The highest BCUT2D eigenvalue weighted by Gasteiger charge is 2.17. The molecule has 0 atom stereocenters. The maximum Gasteiger partial charge on any atom is 0.255 e. The summed E-state index contributed by atoms with van der Waals surface area (Å²) in [5.74, 6) is -1.06. The number of nitrogens with zero attached hydrogens (tertiary/aromatic N) is 1. The van der Waals surface area contributed by atoms with E-state index < -0.39 is 5.91 Å². The fourth-order valence-corrected chi connectivity index (χ4v) is 1.86. The first-order chi connectivity index (χ1) is 10.5.